The zero-order valence-corrected chi connectivity index (χ0v) is 35.9. The number of fused-ring (bicyclic) bond motifs is 1. The van der Waals surface area contributed by atoms with Crippen LogP contribution in [0.5, 0.6) is 5.75 Å². The topological polar surface area (TPSA) is 192 Å². The Morgan fingerprint density at radius 2 is 1.58 bits per heavy atom. The molecule has 2 aliphatic heterocycles. The predicted molar refractivity (Wildman–Crippen MR) is 233 cm³/mol. The molecule has 15 nitrogen and oxygen atoms in total. The molecule has 4 fully saturated rings. The van der Waals surface area contributed by atoms with E-state index in [0.29, 0.717) is 36.4 Å². The average molecular weight is 897 g/mol. The summed E-state index contributed by atoms with van der Waals surface area (Å²) in [6.45, 7) is 3.55. The van der Waals surface area contributed by atoms with Gasteiger partial charge in [0.15, 0.2) is 17.4 Å². The maximum Gasteiger partial charge on any atom is 0.328 e. The Morgan fingerprint density at radius 1 is 0.877 bits per heavy atom. The molecule has 2 aromatic heterocycles. The van der Waals surface area contributed by atoms with Crippen LogP contribution in [-0.2, 0) is 9.59 Å². The fraction of sp³-hybridized carbons (Fsp3) is 0.426. The van der Waals surface area contributed by atoms with E-state index in [9.17, 15) is 37.5 Å². The molecule has 18 heteroatoms. The Kier molecular flexibility index (Phi) is 13.0. The molecule has 0 atom stereocenters. The smallest absolute Gasteiger partial charge is 0.328 e. The number of aryl methyl sites for hydroxylation is 1. The number of imide groups is 1. The van der Waals surface area contributed by atoms with Crippen molar-refractivity contribution in [1.82, 2.24) is 35.1 Å². The molecule has 65 heavy (non-hydrogen) atoms. The van der Waals surface area contributed by atoms with Crippen LogP contribution in [0.2, 0.25) is 0 Å². The number of benzene rings is 3. The number of piperidine rings is 1. The second-order valence-corrected chi connectivity index (χ2v) is 17.7. The molecule has 5 amide bonds. The van der Waals surface area contributed by atoms with Gasteiger partial charge in [-0.25, -0.2) is 13.6 Å². The first-order valence-electron chi connectivity index (χ1n) is 22.0. The van der Waals surface area contributed by atoms with Crippen LogP contribution in [-0.4, -0.2) is 91.1 Å². The number of phenols is 1. The Balaban J connectivity index is 0.00000187. The molecule has 9 rings (SSSR count). The number of hydrogen-bond acceptors (Lipinski definition) is 8. The first kappa shape index (κ1) is 44.9. The summed E-state index contributed by atoms with van der Waals surface area (Å²) in [4.78, 5) is 62.2. The fourth-order valence-corrected chi connectivity index (χ4v) is 9.96. The van der Waals surface area contributed by atoms with E-state index in [4.69, 9.17) is 20.1 Å². The summed E-state index contributed by atoms with van der Waals surface area (Å²) < 4.78 is 45.8. The van der Waals surface area contributed by atoms with Crippen molar-refractivity contribution in [2.24, 2.45) is 11.3 Å². The third-order valence-corrected chi connectivity index (χ3v) is 13.9. The number of aromatic hydroxyl groups is 1. The standard InChI is InChI=1S/C46H49F3N8O5.CH2O2/c1-27-2-5-30(21-38(27)55-17-12-39(58)52-45(55)62)44(61)54-18-15-46(16-19-54)13-10-34(11-14-46)56-26-32(24-51-56)29-6-7-31-25-57(53-37(31)20-29)33-8-3-28(4-9-33)23-50-43(60)35-22-36(47)42(59)41(49)40(35)48;2-1-3/h2,5-7,20-22,24-26,28,33-34,59H,3-4,8-19,23H2,1H3,(H,50,60)(H,52,58,62);1H,(H,2,3). The van der Waals surface area contributed by atoms with Gasteiger partial charge in [-0.15, -0.1) is 0 Å². The minimum atomic E-state index is -1.78. The maximum absolute atomic E-state index is 14.2. The van der Waals surface area contributed by atoms with Gasteiger partial charge in [0.1, 0.15) is 0 Å². The van der Waals surface area contributed by atoms with E-state index in [0.717, 1.165) is 91.8 Å². The minimum Gasteiger partial charge on any atom is -0.503 e. The van der Waals surface area contributed by atoms with Gasteiger partial charge in [-0.05, 0) is 118 Å². The van der Waals surface area contributed by atoms with Gasteiger partial charge in [0.25, 0.3) is 18.3 Å². The van der Waals surface area contributed by atoms with Gasteiger partial charge < -0.3 is 20.4 Å². The van der Waals surface area contributed by atoms with Crippen LogP contribution in [0, 0.1) is 35.7 Å². The molecule has 2 saturated carbocycles. The summed E-state index contributed by atoms with van der Waals surface area (Å²) in [7, 11) is 0. The Hall–Kier alpha value is -6.72. The summed E-state index contributed by atoms with van der Waals surface area (Å²) in [6, 6.07) is 12.2. The number of urea groups is 1. The second kappa shape index (κ2) is 18.8. The number of amides is 5. The molecule has 2 saturated heterocycles. The van der Waals surface area contributed by atoms with Crippen LogP contribution >= 0.6 is 0 Å². The summed E-state index contributed by atoms with van der Waals surface area (Å²) >= 11 is 0. The lowest BCUT2D eigenvalue weighted by Gasteiger charge is -2.46. The monoisotopic (exact) mass is 896 g/mol. The summed E-state index contributed by atoms with van der Waals surface area (Å²) in [5, 5.41) is 31.9. The first-order valence-corrected chi connectivity index (χ1v) is 22.0. The molecule has 5 aromatic rings. The van der Waals surface area contributed by atoms with Crippen LogP contribution in [0.3, 0.4) is 0 Å². The van der Waals surface area contributed by atoms with Gasteiger partial charge in [-0.3, -0.25) is 38.8 Å². The molecule has 0 unspecified atom stereocenters. The van der Waals surface area contributed by atoms with Crippen molar-refractivity contribution < 1.29 is 47.4 Å². The molecule has 1 spiro atoms. The maximum atomic E-state index is 14.2. The quantitative estimate of drug-likeness (QED) is 0.0894. The number of phenolic OH excluding ortho intramolecular Hbond substituents is 1. The first-order chi connectivity index (χ1) is 31.3. The van der Waals surface area contributed by atoms with Gasteiger partial charge in [-0.2, -0.15) is 14.6 Å². The predicted octanol–water partition coefficient (Wildman–Crippen LogP) is 7.68. The highest BCUT2D eigenvalue weighted by atomic mass is 19.2. The highest BCUT2D eigenvalue weighted by Gasteiger charge is 2.40. The average Bonchev–Trinajstić information content (AvgIpc) is 3.98. The van der Waals surface area contributed by atoms with Crippen molar-refractivity contribution >= 4 is 46.8 Å². The van der Waals surface area contributed by atoms with E-state index >= 15 is 0 Å². The molecule has 4 N–H and O–H groups in total. The lowest BCUT2D eigenvalue weighted by molar-refractivity contribution is -0.123. The van der Waals surface area contributed by atoms with Crippen LogP contribution < -0.4 is 15.5 Å². The SMILES string of the molecule is Cc1ccc(C(=O)N2CCC3(CCC(n4cc(-c5ccc6cn(C7CCC(CNC(=O)c8cc(F)c(O)c(F)c8F)CC7)nc6c5)cn4)CC3)CC2)cc1N1CCC(=O)NC1=O.O=CO. The third-order valence-electron chi connectivity index (χ3n) is 13.9. The van der Waals surface area contributed by atoms with Crippen LogP contribution in [0.4, 0.5) is 23.7 Å². The number of carboxylic acid groups (broad SMARTS) is 1. The molecular formula is C47H51F3N8O7. The zero-order chi connectivity index (χ0) is 46.0. The van der Waals surface area contributed by atoms with Crippen LogP contribution in [0.25, 0.3) is 22.0 Å². The second-order valence-electron chi connectivity index (χ2n) is 17.7. The van der Waals surface area contributed by atoms with E-state index in [1.165, 1.54) is 4.90 Å². The van der Waals surface area contributed by atoms with E-state index < -0.39 is 40.7 Å². The van der Waals surface area contributed by atoms with E-state index in [1.807, 2.05) is 34.8 Å². The number of hydrogen-bond donors (Lipinski definition) is 4. The van der Waals surface area contributed by atoms with Gasteiger partial charge in [-0.1, -0.05) is 18.2 Å². The Morgan fingerprint density at radius 3 is 2.29 bits per heavy atom. The largest absolute Gasteiger partial charge is 0.503 e. The van der Waals surface area contributed by atoms with Gasteiger partial charge in [0, 0.05) is 67.2 Å². The zero-order valence-electron chi connectivity index (χ0n) is 35.9. The number of carbonyl (C=O) groups excluding carboxylic acids is 4. The summed E-state index contributed by atoms with van der Waals surface area (Å²) in [6.07, 6.45) is 15.7. The van der Waals surface area contributed by atoms with Crippen molar-refractivity contribution in [1.29, 1.82) is 0 Å². The Bertz CT molecular complexity index is 2620. The number of halogens is 3. The molecule has 0 bridgehead atoms. The van der Waals surface area contributed by atoms with E-state index in [-0.39, 0.29) is 55.2 Å². The van der Waals surface area contributed by atoms with E-state index in [1.54, 1.807) is 6.07 Å². The fourth-order valence-electron chi connectivity index (χ4n) is 9.96. The van der Waals surface area contributed by atoms with Crippen molar-refractivity contribution in [3.63, 3.8) is 0 Å². The number of nitrogens with one attached hydrogen (secondary N) is 2. The van der Waals surface area contributed by atoms with Crippen molar-refractivity contribution in [2.45, 2.75) is 89.6 Å². The lowest BCUT2D eigenvalue weighted by atomic mass is 9.67. The number of rotatable bonds is 8. The minimum absolute atomic E-state index is 0.0325. The summed E-state index contributed by atoms with van der Waals surface area (Å²) in [5.74, 6) is -7.35. The molecule has 4 heterocycles. The highest BCUT2D eigenvalue weighted by Crippen LogP contribution is 2.48. The van der Waals surface area contributed by atoms with Crippen LogP contribution in [0.15, 0.2) is 61.1 Å². The molecular weight excluding hydrogens is 846 g/mol. The molecule has 0 radical (unpaired) electrons. The van der Waals surface area contributed by atoms with E-state index in [2.05, 4.69) is 45.9 Å². The number of likely N-dealkylation sites (tertiary alicyclic amines) is 1. The molecule has 3 aromatic carbocycles. The molecule has 342 valence electrons. The number of nitrogens with zero attached hydrogens (tertiary/aromatic N) is 6. The van der Waals surface area contributed by atoms with Crippen molar-refractivity contribution in [3.05, 3.63) is 95.2 Å². The van der Waals surface area contributed by atoms with Crippen molar-refractivity contribution in [2.75, 3.05) is 31.1 Å². The van der Waals surface area contributed by atoms with Gasteiger partial charge >= 0.3 is 6.03 Å². The van der Waals surface area contributed by atoms with Crippen molar-refractivity contribution in [3.8, 4) is 16.9 Å². The number of aromatic nitrogens is 4. The highest BCUT2D eigenvalue weighted by molar-refractivity contribution is 6.06. The molecule has 2 aliphatic carbocycles. The number of anilines is 1. The van der Waals surface area contributed by atoms with Gasteiger partial charge in [0.05, 0.1) is 29.4 Å². The Labute approximate surface area is 372 Å². The number of carbonyl (C=O) groups is 5. The van der Waals surface area contributed by atoms with Crippen LogP contribution in [0.1, 0.15) is 109 Å². The molecule has 4 aliphatic rings. The summed E-state index contributed by atoms with van der Waals surface area (Å²) in [5.41, 5.74) is 4.45. The van der Waals surface area contributed by atoms with Gasteiger partial charge in [0.2, 0.25) is 11.7 Å². The third kappa shape index (κ3) is 9.42. The normalized spacial score (nSPS) is 20.0. The lowest BCUT2D eigenvalue weighted by Crippen LogP contribution is -2.50.